The van der Waals surface area contributed by atoms with Gasteiger partial charge in [0.1, 0.15) is 0 Å². The average molecular weight is 375 g/mol. The number of nitrogens with zero attached hydrogens (tertiary/aromatic N) is 2. The third-order valence-electron chi connectivity index (χ3n) is 4.96. The van der Waals surface area contributed by atoms with Gasteiger partial charge in [-0.3, -0.25) is 9.97 Å². The summed E-state index contributed by atoms with van der Waals surface area (Å²) < 4.78 is 0. The van der Waals surface area contributed by atoms with Gasteiger partial charge >= 0.3 is 0 Å². The molecule has 0 unspecified atom stereocenters. The summed E-state index contributed by atoms with van der Waals surface area (Å²) >= 11 is 0. The second kappa shape index (κ2) is 7.39. The Morgan fingerprint density at radius 3 is 1.85 bits per heavy atom. The molecule has 2 nitrogen and oxygen atoms in total. The Morgan fingerprint density at radius 1 is 0.778 bits per heavy atom. The molecule has 1 aromatic carbocycles. The highest BCUT2D eigenvalue weighted by atomic mass is 28.3. The maximum Gasteiger partial charge on any atom is 0.0799 e. The fraction of sp³-hybridized carbons (Fsp3) is 0.333. The van der Waals surface area contributed by atoms with Crippen LogP contribution >= 0.6 is 0 Å². The molecule has 27 heavy (non-hydrogen) atoms. The molecule has 3 aromatic rings. The largest absolute Gasteiger partial charge is 0.258 e. The predicted molar refractivity (Wildman–Crippen MR) is 119 cm³/mol. The lowest BCUT2D eigenvalue weighted by Crippen LogP contribution is -2.40. The van der Waals surface area contributed by atoms with Crippen LogP contribution in [0.4, 0.5) is 0 Å². The van der Waals surface area contributed by atoms with Crippen molar-refractivity contribution in [3.63, 3.8) is 0 Å². The van der Waals surface area contributed by atoms with Gasteiger partial charge in [0, 0.05) is 23.1 Å². The Morgan fingerprint density at radius 2 is 1.33 bits per heavy atom. The summed E-state index contributed by atoms with van der Waals surface area (Å²) in [5.74, 6) is 0.510. The maximum atomic E-state index is 4.81. The summed E-state index contributed by atoms with van der Waals surface area (Å²) in [5.41, 5.74) is 8.23. The van der Waals surface area contributed by atoms with E-state index in [4.69, 9.17) is 4.98 Å². The van der Waals surface area contributed by atoms with Crippen LogP contribution in [0.2, 0.25) is 19.6 Å². The molecule has 3 heteroatoms. The molecular weight excluding hydrogens is 344 g/mol. The number of pyridine rings is 2. The van der Waals surface area contributed by atoms with E-state index in [1.165, 1.54) is 27.4 Å². The normalized spacial score (nSPS) is 11.9. The Balaban J connectivity index is 1.99. The zero-order valence-corrected chi connectivity index (χ0v) is 18.6. The van der Waals surface area contributed by atoms with E-state index in [2.05, 4.69) is 87.1 Å². The van der Waals surface area contributed by atoms with E-state index in [0.29, 0.717) is 5.92 Å². The minimum Gasteiger partial charge on any atom is -0.258 e. The van der Waals surface area contributed by atoms with Crippen molar-refractivity contribution in [3.05, 3.63) is 65.6 Å². The number of rotatable bonds is 4. The van der Waals surface area contributed by atoms with Gasteiger partial charge in [0.25, 0.3) is 0 Å². The van der Waals surface area contributed by atoms with Crippen molar-refractivity contribution < 1.29 is 0 Å². The smallest absolute Gasteiger partial charge is 0.0799 e. The highest BCUT2D eigenvalue weighted by Crippen LogP contribution is 2.26. The summed E-state index contributed by atoms with van der Waals surface area (Å²) in [7, 11) is -1.40. The summed E-state index contributed by atoms with van der Waals surface area (Å²) in [6.07, 6.45) is 2.13. The van der Waals surface area contributed by atoms with E-state index < -0.39 is 8.07 Å². The van der Waals surface area contributed by atoms with Crippen LogP contribution in [0.3, 0.4) is 0 Å². The van der Waals surface area contributed by atoms with Crippen molar-refractivity contribution >= 4 is 13.3 Å². The van der Waals surface area contributed by atoms with Crippen LogP contribution in [-0.4, -0.2) is 18.0 Å². The molecule has 0 aliphatic heterocycles. The van der Waals surface area contributed by atoms with E-state index in [9.17, 15) is 0 Å². The van der Waals surface area contributed by atoms with Crippen LogP contribution in [0.1, 0.15) is 36.7 Å². The topological polar surface area (TPSA) is 25.8 Å². The van der Waals surface area contributed by atoms with Gasteiger partial charge in [-0.2, -0.15) is 0 Å². The molecule has 2 aromatic heterocycles. The number of benzene rings is 1. The standard InChI is InChI=1S/C24H30N2Si/c1-16(2)22-14-23(25-15-24(22)27(5,6)7)20-10-8-19(9-11-20)21-12-17(3)26-18(4)13-21/h8-16H,1-7H3. The molecule has 0 spiro atoms. The van der Waals surface area contributed by atoms with E-state index in [1.807, 2.05) is 13.8 Å². The van der Waals surface area contributed by atoms with Gasteiger partial charge in [0.2, 0.25) is 0 Å². The van der Waals surface area contributed by atoms with Gasteiger partial charge in [-0.25, -0.2) is 0 Å². The Bertz CT molecular complexity index is 931. The van der Waals surface area contributed by atoms with Crippen LogP contribution < -0.4 is 5.19 Å². The minimum atomic E-state index is -1.40. The molecule has 140 valence electrons. The lowest BCUT2D eigenvalue weighted by Gasteiger charge is -2.23. The molecule has 0 aliphatic rings. The summed E-state index contributed by atoms with van der Waals surface area (Å²) in [6, 6.07) is 15.3. The highest BCUT2D eigenvalue weighted by Gasteiger charge is 2.22. The first-order valence-electron chi connectivity index (χ1n) is 9.71. The molecule has 0 N–H and O–H groups in total. The number of hydrogen-bond acceptors (Lipinski definition) is 2. The molecule has 0 radical (unpaired) electrons. The van der Waals surface area contributed by atoms with Crippen molar-refractivity contribution in [3.8, 4) is 22.4 Å². The van der Waals surface area contributed by atoms with Crippen molar-refractivity contribution in [1.82, 2.24) is 9.97 Å². The lowest BCUT2D eigenvalue weighted by molar-refractivity contribution is 0.870. The molecule has 0 saturated heterocycles. The molecule has 0 aliphatic carbocycles. The quantitative estimate of drug-likeness (QED) is 0.516. The van der Waals surface area contributed by atoms with Crippen LogP contribution in [0, 0.1) is 13.8 Å². The van der Waals surface area contributed by atoms with Gasteiger partial charge in [-0.1, -0.05) is 57.8 Å². The first-order chi connectivity index (χ1) is 12.6. The predicted octanol–water partition coefficient (Wildman–Crippen LogP) is 6.10. The van der Waals surface area contributed by atoms with Gasteiger partial charge < -0.3 is 0 Å². The molecule has 2 heterocycles. The average Bonchev–Trinajstić information content (AvgIpc) is 2.59. The third kappa shape index (κ3) is 4.36. The van der Waals surface area contributed by atoms with Crippen LogP contribution in [0.5, 0.6) is 0 Å². The summed E-state index contributed by atoms with van der Waals surface area (Å²) in [6.45, 7) is 15.8. The zero-order valence-electron chi connectivity index (χ0n) is 17.6. The van der Waals surface area contributed by atoms with Crippen molar-refractivity contribution in [1.29, 1.82) is 0 Å². The molecule has 0 bridgehead atoms. The number of aryl methyl sites for hydroxylation is 2. The van der Waals surface area contributed by atoms with E-state index in [-0.39, 0.29) is 0 Å². The first-order valence-corrected chi connectivity index (χ1v) is 13.2. The number of hydrogen-bond donors (Lipinski definition) is 0. The third-order valence-corrected chi connectivity index (χ3v) is 7.00. The van der Waals surface area contributed by atoms with Crippen molar-refractivity contribution in [2.24, 2.45) is 0 Å². The molecule has 0 fully saturated rings. The van der Waals surface area contributed by atoms with Gasteiger partial charge in [0.05, 0.1) is 13.8 Å². The van der Waals surface area contributed by atoms with E-state index in [0.717, 1.165) is 17.1 Å². The van der Waals surface area contributed by atoms with E-state index in [1.54, 1.807) is 0 Å². The first kappa shape index (κ1) is 19.5. The molecule has 3 rings (SSSR count). The van der Waals surface area contributed by atoms with Crippen LogP contribution in [0.15, 0.2) is 48.7 Å². The Hall–Kier alpha value is -2.26. The van der Waals surface area contributed by atoms with E-state index >= 15 is 0 Å². The Labute approximate surface area is 164 Å². The second-order valence-electron chi connectivity index (χ2n) is 8.78. The fourth-order valence-corrected chi connectivity index (χ4v) is 5.25. The van der Waals surface area contributed by atoms with Gasteiger partial charge in [-0.05, 0) is 59.8 Å². The zero-order chi connectivity index (χ0) is 19.8. The van der Waals surface area contributed by atoms with Crippen LogP contribution in [0.25, 0.3) is 22.4 Å². The maximum absolute atomic E-state index is 4.81. The summed E-state index contributed by atoms with van der Waals surface area (Å²) in [5, 5.41) is 1.47. The second-order valence-corrected chi connectivity index (χ2v) is 13.8. The fourth-order valence-electron chi connectivity index (χ4n) is 3.57. The SMILES string of the molecule is Cc1cc(-c2ccc(-c3cc(C(C)C)c([Si](C)(C)C)cn3)cc2)cc(C)n1. The minimum absolute atomic E-state index is 0.510. The summed E-state index contributed by atoms with van der Waals surface area (Å²) in [4.78, 5) is 9.29. The lowest BCUT2D eigenvalue weighted by atomic mass is 9.99. The molecule has 0 saturated carbocycles. The molecule has 0 atom stereocenters. The molecular formula is C24H30N2Si. The van der Waals surface area contributed by atoms with Crippen molar-refractivity contribution in [2.45, 2.75) is 53.3 Å². The van der Waals surface area contributed by atoms with Crippen molar-refractivity contribution in [2.75, 3.05) is 0 Å². The monoisotopic (exact) mass is 374 g/mol. The number of aromatic nitrogens is 2. The van der Waals surface area contributed by atoms with Crippen LogP contribution in [-0.2, 0) is 0 Å². The highest BCUT2D eigenvalue weighted by molar-refractivity contribution is 6.89. The van der Waals surface area contributed by atoms with Gasteiger partial charge in [0.15, 0.2) is 0 Å². The molecule has 0 amide bonds. The Kier molecular flexibility index (Phi) is 5.34. The van der Waals surface area contributed by atoms with Gasteiger partial charge in [-0.15, -0.1) is 0 Å².